The summed E-state index contributed by atoms with van der Waals surface area (Å²) in [6.07, 6.45) is 2.00. The summed E-state index contributed by atoms with van der Waals surface area (Å²) in [4.78, 5) is 24.5. The molecule has 0 atom stereocenters. The Hall–Kier alpha value is -2.44. The van der Waals surface area contributed by atoms with Gasteiger partial charge in [-0.25, -0.2) is 9.97 Å². The summed E-state index contributed by atoms with van der Waals surface area (Å²) in [7, 11) is 1.90. The third-order valence-electron chi connectivity index (χ3n) is 4.05. The average Bonchev–Trinajstić information content (AvgIpc) is 2.62. The fourth-order valence-corrected chi connectivity index (χ4v) is 3.40. The van der Waals surface area contributed by atoms with Gasteiger partial charge in [-0.15, -0.1) is 11.8 Å². The van der Waals surface area contributed by atoms with E-state index in [1.807, 2.05) is 73.7 Å². The van der Waals surface area contributed by atoms with Crippen molar-refractivity contribution in [2.75, 3.05) is 25.2 Å². The number of nitrogens with zero attached hydrogens (tertiary/aromatic N) is 3. The van der Waals surface area contributed by atoms with Gasteiger partial charge in [0, 0.05) is 16.0 Å². The van der Waals surface area contributed by atoms with E-state index in [0.29, 0.717) is 6.54 Å². The summed E-state index contributed by atoms with van der Waals surface area (Å²) in [5.41, 5.74) is 2.73. The fourth-order valence-electron chi connectivity index (χ4n) is 2.85. The van der Waals surface area contributed by atoms with Gasteiger partial charge in [-0.2, -0.15) is 0 Å². The van der Waals surface area contributed by atoms with Crippen molar-refractivity contribution < 1.29 is 4.79 Å². The average molecular weight is 366 g/mol. The van der Waals surface area contributed by atoms with E-state index in [-0.39, 0.29) is 12.5 Å². The summed E-state index contributed by atoms with van der Waals surface area (Å²) >= 11 is 1.61. The Kier molecular flexibility index (Phi) is 5.85. The third-order valence-corrected chi connectivity index (χ3v) is 4.84. The Bertz CT molecular complexity index is 929. The number of nitrogens with one attached hydrogen (secondary N) is 1. The van der Waals surface area contributed by atoms with Crippen LogP contribution in [0.25, 0.3) is 10.9 Å². The van der Waals surface area contributed by atoms with E-state index in [2.05, 4.69) is 15.3 Å². The molecule has 134 valence electrons. The molecule has 1 N–H and O–H groups in total. The minimum absolute atomic E-state index is 0.0495. The number of hydrogen-bond donors (Lipinski definition) is 1. The first-order valence-corrected chi connectivity index (χ1v) is 9.63. The SMILES string of the molecule is CSc1ccccc1NC(=O)CN(C)Cc1nc(C)c2ccccc2n1. The van der Waals surface area contributed by atoms with E-state index in [9.17, 15) is 4.79 Å². The number of amides is 1. The van der Waals surface area contributed by atoms with Crippen LogP contribution in [0, 0.1) is 6.92 Å². The summed E-state index contributed by atoms with van der Waals surface area (Å²) in [6, 6.07) is 15.8. The van der Waals surface area contributed by atoms with Crippen LogP contribution in [0.15, 0.2) is 53.4 Å². The monoisotopic (exact) mass is 366 g/mol. The minimum atomic E-state index is -0.0495. The molecule has 0 radical (unpaired) electrons. The predicted octanol–water partition coefficient (Wildman–Crippen LogP) is 3.73. The van der Waals surface area contributed by atoms with Gasteiger partial charge in [-0.05, 0) is 38.4 Å². The molecule has 3 rings (SSSR count). The summed E-state index contributed by atoms with van der Waals surface area (Å²) in [5.74, 6) is 0.674. The molecule has 5 nitrogen and oxygen atoms in total. The van der Waals surface area contributed by atoms with Crippen molar-refractivity contribution in [1.29, 1.82) is 0 Å². The Balaban J connectivity index is 1.65. The first kappa shape index (κ1) is 18.4. The molecule has 1 heterocycles. The van der Waals surface area contributed by atoms with Crippen molar-refractivity contribution in [3.05, 3.63) is 60.0 Å². The summed E-state index contributed by atoms with van der Waals surface area (Å²) in [6.45, 7) is 2.78. The maximum atomic E-state index is 12.4. The molecule has 0 aliphatic heterocycles. The van der Waals surface area contributed by atoms with Crippen molar-refractivity contribution in [3.8, 4) is 0 Å². The molecular formula is C20H22N4OS. The van der Waals surface area contributed by atoms with Crippen LogP contribution in [-0.4, -0.2) is 40.6 Å². The molecule has 0 aliphatic rings. The van der Waals surface area contributed by atoms with E-state index in [0.717, 1.165) is 33.0 Å². The van der Waals surface area contributed by atoms with Crippen LogP contribution in [0.4, 0.5) is 5.69 Å². The number of anilines is 1. The number of aromatic nitrogens is 2. The molecule has 0 bridgehead atoms. The lowest BCUT2D eigenvalue weighted by atomic mass is 10.2. The van der Waals surface area contributed by atoms with Crippen LogP contribution in [-0.2, 0) is 11.3 Å². The zero-order valence-corrected chi connectivity index (χ0v) is 16.0. The number of rotatable bonds is 6. The van der Waals surface area contributed by atoms with Crippen molar-refractivity contribution in [3.63, 3.8) is 0 Å². The number of likely N-dealkylation sites (N-methyl/N-ethyl adjacent to an activating group) is 1. The molecule has 1 aromatic heterocycles. The van der Waals surface area contributed by atoms with E-state index < -0.39 is 0 Å². The van der Waals surface area contributed by atoms with Crippen molar-refractivity contribution in [1.82, 2.24) is 14.9 Å². The van der Waals surface area contributed by atoms with Gasteiger partial charge in [0.1, 0.15) is 5.82 Å². The topological polar surface area (TPSA) is 58.1 Å². The van der Waals surface area contributed by atoms with Crippen LogP contribution in [0.1, 0.15) is 11.5 Å². The molecule has 2 aromatic carbocycles. The highest BCUT2D eigenvalue weighted by Gasteiger charge is 2.12. The zero-order chi connectivity index (χ0) is 18.5. The molecule has 0 saturated heterocycles. The van der Waals surface area contributed by atoms with Gasteiger partial charge < -0.3 is 5.32 Å². The Morgan fingerprint density at radius 1 is 1.12 bits per heavy atom. The zero-order valence-electron chi connectivity index (χ0n) is 15.2. The fraction of sp³-hybridized carbons (Fsp3) is 0.250. The summed E-state index contributed by atoms with van der Waals surface area (Å²) < 4.78 is 0. The minimum Gasteiger partial charge on any atom is -0.324 e. The lowest BCUT2D eigenvalue weighted by molar-refractivity contribution is -0.117. The molecule has 0 fully saturated rings. The number of para-hydroxylation sites is 2. The number of aryl methyl sites for hydroxylation is 1. The van der Waals surface area contributed by atoms with Crippen LogP contribution in [0.2, 0.25) is 0 Å². The van der Waals surface area contributed by atoms with Gasteiger partial charge in [0.2, 0.25) is 5.91 Å². The van der Waals surface area contributed by atoms with Crippen molar-refractivity contribution in [2.24, 2.45) is 0 Å². The maximum absolute atomic E-state index is 12.4. The van der Waals surface area contributed by atoms with Gasteiger partial charge in [0.05, 0.1) is 24.3 Å². The Morgan fingerprint density at radius 3 is 2.65 bits per heavy atom. The quantitative estimate of drug-likeness (QED) is 0.674. The third kappa shape index (κ3) is 4.39. The lowest BCUT2D eigenvalue weighted by Gasteiger charge is -2.17. The Morgan fingerprint density at radius 2 is 1.85 bits per heavy atom. The second kappa shape index (κ2) is 8.29. The molecule has 6 heteroatoms. The maximum Gasteiger partial charge on any atom is 0.238 e. The standard InChI is InChI=1S/C20H22N4OS/c1-14-15-8-4-5-9-16(15)22-19(21-14)12-24(2)13-20(25)23-17-10-6-7-11-18(17)26-3/h4-11H,12-13H2,1-3H3,(H,23,25). The molecule has 0 spiro atoms. The van der Waals surface area contributed by atoms with E-state index in [1.54, 1.807) is 11.8 Å². The van der Waals surface area contributed by atoms with Gasteiger partial charge in [0.15, 0.2) is 0 Å². The predicted molar refractivity (Wildman–Crippen MR) is 107 cm³/mol. The van der Waals surface area contributed by atoms with Crippen molar-refractivity contribution >= 4 is 34.3 Å². The normalized spacial score (nSPS) is 11.1. The second-order valence-electron chi connectivity index (χ2n) is 6.16. The molecule has 1 amide bonds. The lowest BCUT2D eigenvalue weighted by Crippen LogP contribution is -2.30. The van der Waals surface area contributed by atoms with E-state index >= 15 is 0 Å². The molecular weight excluding hydrogens is 344 g/mol. The second-order valence-corrected chi connectivity index (χ2v) is 7.01. The highest BCUT2D eigenvalue weighted by molar-refractivity contribution is 7.98. The molecule has 0 saturated carbocycles. The number of carbonyl (C=O) groups excluding carboxylic acids is 1. The molecule has 0 unspecified atom stereocenters. The molecule has 3 aromatic rings. The number of benzene rings is 2. The van der Waals surface area contributed by atoms with Crippen molar-refractivity contribution in [2.45, 2.75) is 18.4 Å². The van der Waals surface area contributed by atoms with Gasteiger partial charge in [-0.1, -0.05) is 30.3 Å². The van der Waals surface area contributed by atoms with Crippen LogP contribution >= 0.6 is 11.8 Å². The highest BCUT2D eigenvalue weighted by atomic mass is 32.2. The van der Waals surface area contributed by atoms with Crippen LogP contribution in [0.5, 0.6) is 0 Å². The van der Waals surface area contributed by atoms with Crippen LogP contribution < -0.4 is 5.32 Å². The smallest absolute Gasteiger partial charge is 0.238 e. The first-order valence-electron chi connectivity index (χ1n) is 8.40. The summed E-state index contributed by atoms with van der Waals surface area (Å²) in [5, 5.41) is 4.04. The Labute approximate surface area is 157 Å². The number of fused-ring (bicyclic) bond motifs is 1. The highest BCUT2D eigenvalue weighted by Crippen LogP contribution is 2.24. The number of thioether (sulfide) groups is 1. The van der Waals surface area contributed by atoms with Gasteiger partial charge in [0.25, 0.3) is 0 Å². The van der Waals surface area contributed by atoms with E-state index in [4.69, 9.17) is 0 Å². The molecule has 0 aliphatic carbocycles. The van der Waals surface area contributed by atoms with Crippen LogP contribution in [0.3, 0.4) is 0 Å². The largest absolute Gasteiger partial charge is 0.324 e. The van der Waals surface area contributed by atoms with Gasteiger partial charge in [-0.3, -0.25) is 9.69 Å². The first-order chi connectivity index (χ1) is 12.6. The van der Waals surface area contributed by atoms with E-state index in [1.165, 1.54) is 0 Å². The molecule has 26 heavy (non-hydrogen) atoms. The number of hydrogen-bond acceptors (Lipinski definition) is 5. The van der Waals surface area contributed by atoms with Gasteiger partial charge >= 0.3 is 0 Å². The number of carbonyl (C=O) groups is 1.